The molecule has 0 spiro atoms. The molecule has 0 aliphatic carbocycles. The zero-order valence-corrected chi connectivity index (χ0v) is 10.9. The van der Waals surface area contributed by atoms with Gasteiger partial charge in [-0.3, -0.25) is 9.69 Å². The highest BCUT2D eigenvalue weighted by atomic mass is 16.3. The maximum absolute atomic E-state index is 12.0. The summed E-state index contributed by atoms with van der Waals surface area (Å²) in [6.45, 7) is 3.98. The number of likely N-dealkylation sites (N-methyl/N-ethyl adjacent to an activating group) is 1. The normalized spacial score (nSPS) is 24.4. The van der Waals surface area contributed by atoms with E-state index in [4.69, 9.17) is 4.42 Å². The first kappa shape index (κ1) is 13.1. The number of hydrogen-bond donors (Lipinski definition) is 1. The predicted molar refractivity (Wildman–Crippen MR) is 66.9 cm³/mol. The van der Waals surface area contributed by atoms with E-state index in [2.05, 4.69) is 0 Å². The lowest BCUT2D eigenvalue weighted by atomic mass is 10.1. The number of carbonyl (C=O) groups is 1. The number of likely N-dealkylation sites (tertiary alicyclic amines) is 1. The second-order valence-corrected chi connectivity index (χ2v) is 5.29. The average molecular weight is 252 g/mol. The molecular formula is C13H20N2O3. The zero-order chi connectivity index (χ0) is 13.2. The minimum absolute atomic E-state index is 0.0455. The molecule has 5 heteroatoms. The van der Waals surface area contributed by atoms with E-state index in [-0.39, 0.29) is 5.91 Å². The molecule has 2 heterocycles. The Bertz CT molecular complexity index is 400. The van der Waals surface area contributed by atoms with E-state index in [0.29, 0.717) is 19.6 Å². The van der Waals surface area contributed by atoms with E-state index in [1.807, 2.05) is 24.0 Å². The van der Waals surface area contributed by atoms with Crippen molar-refractivity contribution in [3.8, 4) is 0 Å². The summed E-state index contributed by atoms with van der Waals surface area (Å²) in [5, 5.41) is 9.84. The Balaban J connectivity index is 1.81. The van der Waals surface area contributed by atoms with Crippen LogP contribution >= 0.6 is 0 Å². The maximum atomic E-state index is 12.0. The fraction of sp³-hybridized carbons (Fsp3) is 0.615. The van der Waals surface area contributed by atoms with Crippen LogP contribution in [0.3, 0.4) is 0 Å². The lowest BCUT2D eigenvalue weighted by molar-refractivity contribution is -0.131. The fourth-order valence-electron chi connectivity index (χ4n) is 2.21. The van der Waals surface area contributed by atoms with Crippen molar-refractivity contribution < 1.29 is 14.3 Å². The van der Waals surface area contributed by atoms with Crippen molar-refractivity contribution in [2.75, 3.05) is 26.7 Å². The van der Waals surface area contributed by atoms with E-state index in [1.54, 1.807) is 18.2 Å². The molecule has 1 aromatic heterocycles. The molecule has 0 bridgehead atoms. The van der Waals surface area contributed by atoms with E-state index in [1.165, 1.54) is 0 Å². The van der Waals surface area contributed by atoms with Crippen LogP contribution in [0.25, 0.3) is 0 Å². The molecule has 1 amide bonds. The molecule has 1 aliphatic heterocycles. The maximum Gasteiger partial charge on any atom is 0.236 e. The Morgan fingerprint density at radius 2 is 2.44 bits per heavy atom. The van der Waals surface area contributed by atoms with E-state index >= 15 is 0 Å². The second-order valence-electron chi connectivity index (χ2n) is 5.29. The lowest BCUT2D eigenvalue weighted by Gasteiger charge is -2.22. The van der Waals surface area contributed by atoms with E-state index < -0.39 is 5.60 Å². The molecule has 0 aromatic carbocycles. The van der Waals surface area contributed by atoms with Crippen LogP contribution in [0, 0.1) is 0 Å². The second kappa shape index (κ2) is 5.12. The molecule has 100 valence electrons. The van der Waals surface area contributed by atoms with Gasteiger partial charge in [0.05, 0.1) is 25.0 Å². The summed E-state index contributed by atoms with van der Waals surface area (Å²) in [5.74, 6) is 0.823. The molecule has 0 saturated carbocycles. The first-order valence-corrected chi connectivity index (χ1v) is 6.17. The highest BCUT2D eigenvalue weighted by Crippen LogP contribution is 2.19. The van der Waals surface area contributed by atoms with Gasteiger partial charge in [0.15, 0.2) is 0 Å². The van der Waals surface area contributed by atoms with E-state index in [0.717, 1.165) is 18.7 Å². The van der Waals surface area contributed by atoms with Crippen LogP contribution in [0.15, 0.2) is 22.8 Å². The molecule has 1 atom stereocenters. The topological polar surface area (TPSA) is 56.9 Å². The van der Waals surface area contributed by atoms with Crippen molar-refractivity contribution >= 4 is 5.91 Å². The van der Waals surface area contributed by atoms with Gasteiger partial charge in [0.25, 0.3) is 0 Å². The Kier molecular flexibility index (Phi) is 3.73. The minimum atomic E-state index is -0.653. The molecule has 2 rings (SSSR count). The summed E-state index contributed by atoms with van der Waals surface area (Å²) in [7, 11) is 1.76. The number of furan rings is 1. The molecule has 1 aliphatic rings. The van der Waals surface area contributed by atoms with Gasteiger partial charge in [0.2, 0.25) is 5.91 Å². The highest BCUT2D eigenvalue weighted by molar-refractivity contribution is 5.78. The number of rotatable bonds is 4. The SMILES string of the molecule is CN(Cc1ccco1)C(=O)CN1CCC(C)(O)C1. The van der Waals surface area contributed by atoms with Gasteiger partial charge < -0.3 is 14.4 Å². The first-order valence-electron chi connectivity index (χ1n) is 6.17. The van der Waals surface area contributed by atoms with Gasteiger partial charge in [-0.25, -0.2) is 0 Å². The summed E-state index contributed by atoms with van der Waals surface area (Å²) in [6, 6.07) is 3.66. The Labute approximate surface area is 107 Å². The number of nitrogens with zero attached hydrogens (tertiary/aromatic N) is 2. The quantitative estimate of drug-likeness (QED) is 0.857. The summed E-state index contributed by atoms with van der Waals surface area (Å²) in [5.41, 5.74) is -0.653. The number of hydrogen-bond acceptors (Lipinski definition) is 4. The Morgan fingerprint density at radius 1 is 1.67 bits per heavy atom. The van der Waals surface area contributed by atoms with Crippen molar-refractivity contribution in [2.45, 2.75) is 25.5 Å². The van der Waals surface area contributed by atoms with Crippen molar-refractivity contribution in [1.29, 1.82) is 0 Å². The van der Waals surface area contributed by atoms with Crippen LogP contribution in [0.5, 0.6) is 0 Å². The van der Waals surface area contributed by atoms with Crippen molar-refractivity contribution in [3.63, 3.8) is 0 Å². The number of β-amino-alcohol motifs (C(OH)–C–C–N with tert-alkyl or cyclic N) is 1. The molecule has 5 nitrogen and oxygen atoms in total. The largest absolute Gasteiger partial charge is 0.467 e. The van der Waals surface area contributed by atoms with Gasteiger partial charge in [-0.15, -0.1) is 0 Å². The molecule has 1 unspecified atom stereocenters. The number of aliphatic hydroxyl groups is 1. The summed E-state index contributed by atoms with van der Waals surface area (Å²) < 4.78 is 5.21. The third-order valence-corrected chi connectivity index (χ3v) is 3.29. The predicted octanol–water partition coefficient (Wildman–Crippen LogP) is 0.695. The third-order valence-electron chi connectivity index (χ3n) is 3.29. The zero-order valence-electron chi connectivity index (χ0n) is 10.9. The van der Waals surface area contributed by atoms with Gasteiger partial charge in [0.1, 0.15) is 5.76 Å². The third kappa shape index (κ3) is 3.34. The first-order chi connectivity index (χ1) is 8.46. The van der Waals surface area contributed by atoms with Crippen LogP contribution in [0.1, 0.15) is 19.1 Å². The van der Waals surface area contributed by atoms with Crippen molar-refractivity contribution in [3.05, 3.63) is 24.2 Å². The van der Waals surface area contributed by atoms with Crippen LogP contribution in [0.2, 0.25) is 0 Å². The summed E-state index contributed by atoms with van der Waals surface area (Å²) >= 11 is 0. The molecule has 1 saturated heterocycles. The van der Waals surface area contributed by atoms with Crippen LogP contribution in [-0.4, -0.2) is 53.1 Å². The molecule has 18 heavy (non-hydrogen) atoms. The van der Waals surface area contributed by atoms with Gasteiger partial charge in [0, 0.05) is 20.1 Å². The minimum Gasteiger partial charge on any atom is -0.467 e. The van der Waals surface area contributed by atoms with Gasteiger partial charge >= 0.3 is 0 Å². The van der Waals surface area contributed by atoms with Crippen LogP contribution in [-0.2, 0) is 11.3 Å². The van der Waals surface area contributed by atoms with Gasteiger partial charge in [-0.05, 0) is 25.5 Å². The molecular weight excluding hydrogens is 232 g/mol. The number of amides is 1. The molecule has 0 radical (unpaired) electrons. The van der Waals surface area contributed by atoms with Crippen molar-refractivity contribution in [2.24, 2.45) is 0 Å². The van der Waals surface area contributed by atoms with Crippen LogP contribution in [0.4, 0.5) is 0 Å². The fourth-order valence-corrected chi connectivity index (χ4v) is 2.21. The Morgan fingerprint density at radius 3 is 3.00 bits per heavy atom. The average Bonchev–Trinajstić information content (AvgIpc) is 2.88. The Hall–Kier alpha value is -1.33. The molecule has 1 fully saturated rings. The summed E-state index contributed by atoms with van der Waals surface area (Å²) in [4.78, 5) is 15.6. The van der Waals surface area contributed by atoms with Crippen LogP contribution < -0.4 is 0 Å². The standard InChI is InChI=1S/C13H20N2O3/c1-13(17)5-6-15(10-13)9-12(16)14(2)8-11-4-3-7-18-11/h3-4,7,17H,5-6,8-10H2,1-2H3. The molecule has 1 N–H and O–H groups in total. The highest BCUT2D eigenvalue weighted by Gasteiger charge is 2.32. The monoisotopic (exact) mass is 252 g/mol. The number of carbonyl (C=O) groups excluding carboxylic acids is 1. The smallest absolute Gasteiger partial charge is 0.236 e. The molecule has 1 aromatic rings. The van der Waals surface area contributed by atoms with Crippen molar-refractivity contribution in [1.82, 2.24) is 9.80 Å². The van der Waals surface area contributed by atoms with E-state index in [9.17, 15) is 9.90 Å². The lowest BCUT2D eigenvalue weighted by Crippen LogP contribution is -2.38. The van der Waals surface area contributed by atoms with Gasteiger partial charge in [-0.1, -0.05) is 0 Å². The summed E-state index contributed by atoms with van der Waals surface area (Å²) in [6.07, 6.45) is 2.33. The van der Waals surface area contributed by atoms with Gasteiger partial charge in [-0.2, -0.15) is 0 Å².